The molecule has 0 aliphatic heterocycles. The third kappa shape index (κ3) is 3.23. The molecule has 3 rings (SSSR count). The molecule has 0 saturated carbocycles. The molecule has 3 aromatic rings. The summed E-state index contributed by atoms with van der Waals surface area (Å²) in [6.45, 7) is 0. The van der Waals surface area contributed by atoms with Crippen LogP contribution in [-0.4, -0.2) is 10.9 Å². The molecule has 3 nitrogen and oxygen atoms in total. The molecule has 1 amide bonds. The molecule has 1 N–H and O–H groups in total. The molecule has 22 heavy (non-hydrogen) atoms. The number of hydrogen-bond acceptors (Lipinski definition) is 3. The van der Waals surface area contributed by atoms with Crippen LogP contribution >= 0.6 is 27.3 Å². The minimum Gasteiger partial charge on any atom is -0.298 e. The van der Waals surface area contributed by atoms with Crippen molar-refractivity contribution in [1.29, 1.82) is 0 Å². The number of anilines is 1. The van der Waals surface area contributed by atoms with Crippen LogP contribution in [0.15, 0.2) is 58.4 Å². The zero-order chi connectivity index (χ0) is 15.5. The van der Waals surface area contributed by atoms with Crippen LogP contribution in [0.2, 0.25) is 0 Å². The number of carbonyl (C=O) groups excluding carboxylic acids is 1. The highest BCUT2D eigenvalue weighted by Gasteiger charge is 2.12. The third-order valence-electron chi connectivity index (χ3n) is 2.96. The molecule has 1 aromatic heterocycles. The SMILES string of the molecule is O=C(Nc1nc(-c2cccc(F)c2)cs1)c1ccccc1Br. The monoisotopic (exact) mass is 376 g/mol. The quantitative estimate of drug-likeness (QED) is 0.701. The summed E-state index contributed by atoms with van der Waals surface area (Å²) in [6.07, 6.45) is 0. The zero-order valence-electron chi connectivity index (χ0n) is 11.2. The minimum atomic E-state index is -0.315. The van der Waals surface area contributed by atoms with Crippen molar-refractivity contribution in [3.8, 4) is 11.3 Å². The van der Waals surface area contributed by atoms with Gasteiger partial charge in [0.05, 0.1) is 11.3 Å². The summed E-state index contributed by atoms with van der Waals surface area (Å²) in [6, 6.07) is 13.3. The Bertz CT molecular complexity index is 834. The number of hydrogen-bond donors (Lipinski definition) is 1. The number of aromatic nitrogens is 1. The third-order valence-corrected chi connectivity index (χ3v) is 4.41. The van der Waals surface area contributed by atoms with Crippen LogP contribution in [0, 0.1) is 5.82 Å². The van der Waals surface area contributed by atoms with E-state index in [0.29, 0.717) is 22.0 Å². The van der Waals surface area contributed by atoms with Crippen LogP contribution < -0.4 is 5.32 Å². The van der Waals surface area contributed by atoms with Gasteiger partial charge in [0.15, 0.2) is 5.13 Å². The van der Waals surface area contributed by atoms with Crippen molar-refractivity contribution in [2.45, 2.75) is 0 Å². The first-order valence-electron chi connectivity index (χ1n) is 6.41. The fourth-order valence-corrected chi connectivity index (χ4v) is 3.10. The van der Waals surface area contributed by atoms with Crippen molar-refractivity contribution in [2.75, 3.05) is 5.32 Å². The highest BCUT2D eigenvalue weighted by Crippen LogP contribution is 2.26. The average Bonchev–Trinajstić information content (AvgIpc) is 2.96. The van der Waals surface area contributed by atoms with Gasteiger partial charge in [0.1, 0.15) is 5.82 Å². The normalized spacial score (nSPS) is 10.5. The van der Waals surface area contributed by atoms with Crippen LogP contribution in [0.4, 0.5) is 9.52 Å². The standard InChI is InChI=1S/C16H10BrFN2OS/c17-13-7-2-1-6-12(13)15(21)20-16-19-14(9-22-16)10-4-3-5-11(18)8-10/h1-9H,(H,19,20,21). The molecular formula is C16H10BrFN2OS. The van der Waals surface area contributed by atoms with Crippen LogP contribution in [0.5, 0.6) is 0 Å². The van der Waals surface area contributed by atoms with Gasteiger partial charge in [0.25, 0.3) is 5.91 Å². The van der Waals surface area contributed by atoms with Crippen molar-refractivity contribution < 1.29 is 9.18 Å². The molecule has 0 aliphatic carbocycles. The van der Waals surface area contributed by atoms with Gasteiger partial charge in [-0.3, -0.25) is 10.1 Å². The number of thiazole rings is 1. The summed E-state index contributed by atoms with van der Waals surface area (Å²) >= 11 is 4.64. The summed E-state index contributed by atoms with van der Waals surface area (Å²) in [5, 5.41) is 5.00. The summed E-state index contributed by atoms with van der Waals surface area (Å²) < 4.78 is 14.0. The number of amides is 1. The number of carbonyl (C=O) groups is 1. The number of benzene rings is 2. The first-order chi connectivity index (χ1) is 10.6. The first-order valence-corrected chi connectivity index (χ1v) is 8.08. The second-order valence-corrected chi connectivity index (χ2v) is 6.19. The molecule has 0 fully saturated rings. The summed E-state index contributed by atoms with van der Waals surface area (Å²) in [5.74, 6) is -0.558. The Morgan fingerprint density at radius 1 is 1.18 bits per heavy atom. The van der Waals surface area contributed by atoms with Crippen molar-refractivity contribution in [1.82, 2.24) is 4.98 Å². The Hall–Kier alpha value is -2.05. The largest absolute Gasteiger partial charge is 0.298 e. The molecule has 110 valence electrons. The number of rotatable bonds is 3. The Labute approximate surface area is 139 Å². The maximum Gasteiger partial charge on any atom is 0.258 e. The second-order valence-electron chi connectivity index (χ2n) is 4.48. The van der Waals surface area contributed by atoms with E-state index in [0.717, 1.165) is 4.47 Å². The number of nitrogens with zero attached hydrogens (tertiary/aromatic N) is 1. The van der Waals surface area contributed by atoms with Gasteiger partial charge in [-0.25, -0.2) is 9.37 Å². The van der Waals surface area contributed by atoms with E-state index in [9.17, 15) is 9.18 Å². The highest BCUT2D eigenvalue weighted by molar-refractivity contribution is 9.10. The van der Waals surface area contributed by atoms with E-state index < -0.39 is 0 Å². The zero-order valence-corrected chi connectivity index (χ0v) is 13.6. The van der Waals surface area contributed by atoms with E-state index in [1.807, 2.05) is 6.07 Å². The number of halogens is 2. The average molecular weight is 377 g/mol. The lowest BCUT2D eigenvalue weighted by Crippen LogP contribution is -2.12. The molecule has 0 atom stereocenters. The van der Waals surface area contributed by atoms with Gasteiger partial charge in [-0.15, -0.1) is 11.3 Å². The van der Waals surface area contributed by atoms with E-state index in [2.05, 4.69) is 26.2 Å². The molecule has 1 heterocycles. The molecule has 0 unspecified atom stereocenters. The molecule has 0 radical (unpaired) electrons. The maximum absolute atomic E-state index is 13.2. The lowest BCUT2D eigenvalue weighted by atomic mass is 10.2. The summed E-state index contributed by atoms with van der Waals surface area (Å²) in [7, 11) is 0. The molecule has 6 heteroatoms. The van der Waals surface area contributed by atoms with Crippen molar-refractivity contribution >= 4 is 38.3 Å². The second kappa shape index (κ2) is 6.37. The van der Waals surface area contributed by atoms with E-state index in [-0.39, 0.29) is 11.7 Å². The van der Waals surface area contributed by atoms with Crippen molar-refractivity contribution in [2.24, 2.45) is 0 Å². The van der Waals surface area contributed by atoms with Crippen molar-refractivity contribution in [3.63, 3.8) is 0 Å². The van der Waals surface area contributed by atoms with Crippen LogP contribution in [0.3, 0.4) is 0 Å². The lowest BCUT2D eigenvalue weighted by molar-refractivity contribution is 0.102. The lowest BCUT2D eigenvalue weighted by Gasteiger charge is -2.03. The molecule has 0 aliphatic rings. The highest BCUT2D eigenvalue weighted by atomic mass is 79.9. The predicted octanol–water partition coefficient (Wildman–Crippen LogP) is 4.96. The fourth-order valence-electron chi connectivity index (χ4n) is 1.92. The predicted molar refractivity (Wildman–Crippen MR) is 89.6 cm³/mol. The Kier molecular flexibility index (Phi) is 4.31. The smallest absolute Gasteiger partial charge is 0.258 e. The molecular weight excluding hydrogens is 367 g/mol. The Balaban J connectivity index is 1.80. The first kappa shape index (κ1) is 14.9. The van der Waals surface area contributed by atoms with Crippen LogP contribution in [-0.2, 0) is 0 Å². The molecule has 2 aromatic carbocycles. The van der Waals surface area contributed by atoms with Crippen molar-refractivity contribution in [3.05, 3.63) is 69.8 Å². The fraction of sp³-hybridized carbons (Fsp3) is 0. The van der Waals surface area contributed by atoms with Gasteiger partial charge in [-0.2, -0.15) is 0 Å². The topological polar surface area (TPSA) is 42.0 Å². The Morgan fingerprint density at radius 3 is 2.77 bits per heavy atom. The Morgan fingerprint density at radius 2 is 2.00 bits per heavy atom. The van der Waals surface area contributed by atoms with Gasteiger partial charge in [0, 0.05) is 15.4 Å². The van der Waals surface area contributed by atoms with E-state index >= 15 is 0 Å². The maximum atomic E-state index is 13.2. The van der Waals surface area contributed by atoms with E-state index in [4.69, 9.17) is 0 Å². The van der Waals surface area contributed by atoms with Gasteiger partial charge in [-0.05, 0) is 40.2 Å². The summed E-state index contributed by atoms with van der Waals surface area (Å²) in [4.78, 5) is 16.5. The van der Waals surface area contributed by atoms with Gasteiger partial charge in [0.2, 0.25) is 0 Å². The molecule has 0 spiro atoms. The van der Waals surface area contributed by atoms with Gasteiger partial charge in [-0.1, -0.05) is 24.3 Å². The molecule has 0 saturated heterocycles. The minimum absolute atomic E-state index is 0.243. The van der Waals surface area contributed by atoms with E-state index in [1.54, 1.807) is 35.7 Å². The van der Waals surface area contributed by atoms with E-state index in [1.165, 1.54) is 23.5 Å². The van der Waals surface area contributed by atoms with Gasteiger partial charge >= 0.3 is 0 Å². The summed E-state index contributed by atoms with van der Waals surface area (Å²) in [5.41, 5.74) is 1.84. The van der Waals surface area contributed by atoms with Crippen LogP contribution in [0.1, 0.15) is 10.4 Å². The van der Waals surface area contributed by atoms with Crippen LogP contribution in [0.25, 0.3) is 11.3 Å². The van der Waals surface area contributed by atoms with Gasteiger partial charge < -0.3 is 0 Å². The molecule has 0 bridgehead atoms. The number of nitrogens with one attached hydrogen (secondary N) is 1.